The van der Waals surface area contributed by atoms with E-state index >= 15 is 0 Å². The Balaban J connectivity index is 2.27. The number of hydrogen-bond donors (Lipinski definition) is 1. The first-order valence-electron chi connectivity index (χ1n) is 6.04. The molecule has 1 aromatic heterocycles. The summed E-state index contributed by atoms with van der Waals surface area (Å²) in [6.45, 7) is 5.21. The van der Waals surface area contributed by atoms with Gasteiger partial charge in [-0.3, -0.25) is 4.99 Å². The van der Waals surface area contributed by atoms with Crippen LogP contribution in [0.4, 0.5) is 0 Å². The van der Waals surface area contributed by atoms with Gasteiger partial charge in [0.05, 0.1) is 0 Å². The van der Waals surface area contributed by atoms with Crippen molar-refractivity contribution >= 4 is 5.57 Å². The molecule has 1 aromatic carbocycles. The molecule has 17 heavy (non-hydrogen) atoms. The number of aryl methyl sites for hydroxylation is 2. The zero-order valence-electron chi connectivity index (χ0n) is 10.2. The molecule has 2 heteroatoms. The lowest BCUT2D eigenvalue weighted by Crippen LogP contribution is -2.29. The van der Waals surface area contributed by atoms with Crippen LogP contribution in [0.3, 0.4) is 0 Å². The molecule has 3 rings (SSSR count). The second-order valence-corrected chi connectivity index (χ2v) is 4.65. The number of hydrogen-bond acceptors (Lipinski definition) is 1. The molecule has 1 aliphatic rings. The molecule has 0 bridgehead atoms. The van der Waals surface area contributed by atoms with Crippen molar-refractivity contribution in [3.8, 4) is 0 Å². The second-order valence-electron chi connectivity index (χ2n) is 4.65. The predicted octanol–water partition coefficient (Wildman–Crippen LogP) is 1.85. The Kier molecular flexibility index (Phi) is 2.36. The molecule has 86 valence electrons. The van der Waals surface area contributed by atoms with Crippen LogP contribution in [0.15, 0.2) is 35.5 Å². The Morgan fingerprint density at radius 1 is 1.12 bits per heavy atom. The monoisotopic (exact) mass is 224 g/mol. The van der Waals surface area contributed by atoms with Gasteiger partial charge in [-0.1, -0.05) is 18.2 Å². The van der Waals surface area contributed by atoms with E-state index in [9.17, 15) is 0 Å². The summed E-state index contributed by atoms with van der Waals surface area (Å²) in [7, 11) is 0. The van der Waals surface area contributed by atoms with Gasteiger partial charge in [-0.15, -0.1) is 0 Å². The van der Waals surface area contributed by atoms with Crippen molar-refractivity contribution in [3.05, 3.63) is 57.9 Å². The maximum absolute atomic E-state index is 4.49. The number of aromatic amines is 1. The minimum Gasteiger partial charge on any atom is -0.346 e. The molecule has 0 atom stereocenters. The fraction of sp³-hybridized carbons (Fsp3) is 0.267. The van der Waals surface area contributed by atoms with Crippen LogP contribution in [0.2, 0.25) is 0 Å². The van der Waals surface area contributed by atoms with Crippen molar-refractivity contribution in [1.82, 2.24) is 4.98 Å². The molecule has 0 amide bonds. The smallest absolute Gasteiger partial charge is 0.132 e. The highest BCUT2D eigenvalue weighted by Gasteiger charge is 2.09. The molecule has 0 saturated carbocycles. The summed E-state index contributed by atoms with van der Waals surface area (Å²) < 4.78 is 0. The van der Waals surface area contributed by atoms with Gasteiger partial charge in [0.15, 0.2) is 0 Å². The van der Waals surface area contributed by atoms with E-state index in [1.165, 1.54) is 27.5 Å². The highest BCUT2D eigenvalue weighted by atomic mass is 14.8. The summed E-state index contributed by atoms with van der Waals surface area (Å²) >= 11 is 0. The molecule has 0 spiro atoms. The summed E-state index contributed by atoms with van der Waals surface area (Å²) in [5.41, 5.74) is 6.49. The van der Waals surface area contributed by atoms with Crippen LogP contribution in [0, 0.1) is 13.8 Å². The number of H-pyrrole nitrogens is 1. The van der Waals surface area contributed by atoms with Gasteiger partial charge in [0.25, 0.3) is 0 Å². The first kappa shape index (κ1) is 10.3. The van der Waals surface area contributed by atoms with Crippen LogP contribution in [-0.2, 0) is 0 Å². The number of fused-ring (bicyclic) bond motifs is 1. The van der Waals surface area contributed by atoms with Crippen molar-refractivity contribution in [1.29, 1.82) is 0 Å². The topological polar surface area (TPSA) is 28.1 Å². The number of rotatable bonds is 1. The fourth-order valence-electron chi connectivity index (χ4n) is 2.38. The summed E-state index contributed by atoms with van der Waals surface area (Å²) in [5, 5.41) is 1.26. The molecule has 1 N–H and O–H groups in total. The molecule has 0 unspecified atom stereocenters. The van der Waals surface area contributed by atoms with Crippen molar-refractivity contribution in [2.24, 2.45) is 4.99 Å². The Hall–Kier alpha value is -1.83. The number of benzene rings is 1. The molecule has 0 saturated heterocycles. The summed E-state index contributed by atoms with van der Waals surface area (Å²) in [6.07, 6.45) is 3.01. The van der Waals surface area contributed by atoms with Crippen LogP contribution in [-0.4, -0.2) is 11.5 Å². The summed E-state index contributed by atoms with van der Waals surface area (Å²) in [4.78, 5) is 7.69. The van der Waals surface area contributed by atoms with E-state index in [-0.39, 0.29) is 0 Å². The molecule has 2 aromatic rings. The van der Waals surface area contributed by atoms with E-state index in [2.05, 4.69) is 48.1 Å². The molecule has 0 radical (unpaired) electrons. The van der Waals surface area contributed by atoms with E-state index in [0.717, 1.165) is 18.5 Å². The van der Waals surface area contributed by atoms with Gasteiger partial charge in [0.2, 0.25) is 0 Å². The molecular formula is C15H16N2. The van der Waals surface area contributed by atoms with Crippen LogP contribution in [0.25, 0.3) is 5.57 Å². The lowest BCUT2D eigenvalue weighted by Gasteiger charge is -2.11. The number of nitrogens with one attached hydrogen (secondary N) is 1. The van der Waals surface area contributed by atoms with Crippen molar-refractivity contribution in [3.63, 3.8) is 0 Å². The minimum atomic E-state index is 0.885. The second kappa shape index (κ2) is 3.88. The molecule has 2 nitrogen and oxygen atoms in total. The van der Waals surface area contributed by atoms with Crippen molar-refractivity contribution in [2.75, 3.05) is 6.54 Å². The zero-order valence-corrected chi connectivity index (χ0v) is 10.2. The van der Waals surface area contributed by atoms with E-state index < -0.39 is 0 Å². The minimum absolute atomic E-state index is 0.885. The third kappa shape index (κ3) is 1.70. The standard InChI is InChI=1S/C15H16N2/c1-10-3-4-12(9-11(10)2)13-5-7-16-15-14(13)6-8-17-15/h3-4,6,8-9H,5,7H2,1-2H3,(H,16,17). The van der Waals surface area contributed by atoms with Crippen LogP contribution in [0.5, 0.6) is 0 Å². The molecule has 0 aliphatic carbocycles. The van der Waals surface area contributed by atoms with Gasteiger partial charge < -0.3 is 4.98 Å². The average Bonchev–Trinajstić information content (AvgIpc) is 2.80. The lowest BCUT2D eigenvalue weighted by molar-refractivity contribution is 0.917. The Bertz CT molecular complexity index is 677. The Morgan fingerprint density at radius 3 is 2.82 bits per heavy atom. The van der Waals surface area contributed by atoms with E-state index in [4.69, 9.17) is 0 Å². The molecule has 0 fully saturated rings. The molecule has 1 aliphatic heterocycles. The SMILES string of the molecule is Cc1ccc(C2=c3cc[nH]c3=NCC2)cc1C. The van der Waals surface area contributed by atoms with Gasteiger partial charge in [-0.2, -0.15) is 0 Å². The first-order valence-corrected chi connectivity index (χ1v) is 6.04. The quantitative estimate of drug-likeness (QED) is 0.766. The van der Waals surface area contributed by atoms with E-state index in [1.54, 1.807) is 0 Å². The highest BCUT2D eigenvalue weighted by molar-refractivity contribution is 5.66. The zero-order chi connectivity index (χ0) is 11.8. The molecular weight excluding hydrogens is 208 g/mol. The third-order valence-corrected chi connectivity index (χ3v) is 3.54. The average molecular weight is 224 g/mol. The van der Waals surface area contributed by atoms with Crippen LogP contribution < -0.4 is 10.7 Å². The number of aromatic nitrogens is 1. The predicted molar refractivity (Wildman–Crippen MR) is 69.5 cm³/mol. The van der Waals surface area contributed by atoms with Crippen LogP contribution >= 0.6 is 0 Å². The van der Waals surface area contributed by atoms with Gasteiger partial charge >= 0.3 is 0 Å². The maximum atomic E-state index is 4.49. The van der Waals surface area contributed by atoms with E-state index in [0.29, 0.717) is 0 Å². The third-order valence-electron chi connectivity index (χ3n) is 3.54. The first-order chi connectivity index (χ1) is 8.25. The van der Waals surface area contributed by atoms with Gasteiger partial charge in [0, 0.05) is 18.0 Å². The van der Waals surface area contributed by atoms with Gasteiger partial charge in [-0.05, 0) is 48.6 Å². The number of nitrogens with zero attached hydrogens (tertiary/aromatic N) is 1. The Labute approximate surface area is 101 Å². The fourth-order valence-corrected chi connectivity index (χ4v) is 2.38. The maximum Gasteiger partial charge on any atom is 0.132 e. The lowest BCUT2D eigenvalue weighted by atomic mass is 9.96. The van der Waals surface area contributed by atoms with Crippen molar-refractivity contribution < 1.29 is 0 Å². The van der Waals surface area contributed by atoms with Gasteiger partial charge in [-0.25, -0.2) is 0 Å². The normalized spacial score (nSPS) is 14.4. The largest absolute Gasteiger partial charge is 0.346 e. The van der Waals surface area contributed by atoms with Crippen LogP contribution in [0.1, 0.15) is 23.1 Å². The Morgan fingerprint density at radius 2 is 2.00 bits per heavy atom. The van der Waals surface area contributed by atoms with E-state index in [1.807, 2.05) is 6.20 Å². The highest BCUT2D eigenvalue weighted by Crippen LogP contribution is 2.19. The van der Waals surface area contributed by atoms with Gasteiger partial charge in [0.1, 0.15) is 5.49 Å². The molecule has 2 heterocycles. The van der Waals surface area contributed by atoms with Crippen molar-refractivity contribution in [2.45, 2.75) is 20.3 Å². The summed E-state index contributed by atoms with van der Waals surface area (Å²) in [5.74, 6) is 0. The summed E-state index contributed by atoms with van der Waals surface area (Å²) in [6, 6.07) is 8.84.